The zero-order valence-corrected chi connectivity index (χ0v) is 23.2. The molecule has 0 saturated carbocycles. The fraction of sp³-hybridized carbons (Fsp3) is 0.276. The monoisotopic (exact) mass is 551 g/mol. The van der Waals surface area contributed by atoms with Crippen LogP contribution < -0.4 is 20.3 Å². The molecule has 11 heteroatoms. The number of carbonyl (C=O) groups is 1. The van der Waals surface area contributed by atoms with E-state index in [2.05, 4.69) is 38.8 Å². The molecular weight excluding hydrogens is 516 g/mol. The number of allylic oxidation sites excluding steroid dienone is 1. The molecule has 0 saturated heterocycles. The Labute approximate surface area is 233 Å². The highest BCUT2D eigenvalue weighted by Gasteiger charge is 2.17. The molecule has 0 fully saturated rings. The van der Waals surface area contributed by atoms with Crippen molar-refractivity contribution in [3.63, 3.8) is 0 Å². The van der Waals surface area contributed by atoms with E-state index < -0.39 is 6.55 Å². The first kappa shape index (κ1) is 30.0. The predicted molar refractivity (Wildman–Crippen MR) is 161 cm³/mol. The van der Waals surface area contributed by atoms with Gasteiger partial charge in [-0.3, -0.25) is 19.3 Å². The molecule has 0 spiro atoms. The van der Waals surface area contributed by atoms with E-state index in [1.165, 1.54) is 18.5 Å². The lowest BCUT2D eigenvalue weighted by molar-refractivity contribution is -0.111. The molecular formula is C29H35F2N7O2. The van der Waals surface area contributed by atoms with Crippen LogP contribution in [0.1, 0.15) is 12.1 Å². The number of halogens is 2. The Morgan fingerprint density at radius 1 is 1.18 bits per heavy atom. The van der Waals surface area contributed by atoms with Gasteiger partial charge in [-0.2, -0.15) is 8.78 Å². The zero-order chi connectivity index (χ0) is 29.2. The number of ether oxygens (including phenoxy) is 1. The Morgan fingerprint density at radius 3 is 2.58 bits per heavy atom. The molecule has 0 bridgehead atoms. The van der Waals surface area contributed by atoms with Crippen LogP contribution in [0.3, 0.4) is 0 Å². The van der Waals surface area contributed by atoms with Gasteiger partial charge in [0.2, 0.25) is 5.91 Å². The SMILES string of the molecule is C=CC(=O)Nc1cc(NC/N=C\C=C(/N=C)c2cn(C(F)F)c3ccccc23)c(OC)cc1N(C)CCN(C)C. The van der Waals surface area contributed by atoms with E-state index >= 15 is 0 Å². The average Bonchev–Trinajstić information content (AvgIpc) is 3.33. The number of nitrogens with one attached hydrogen (secondary N) is 2. The fourth-order valence-corrected chi connectivity index (χ4v) is 4.05. The standard InChI is InChI=1S/C29H35F2N7O2/c1-7-28(39)35-23-16-24(27(40-6)17-26(23)37(5)15-14-36(3)4)34-19-33-13-12-22(32-2)21-18-38(29(30)31)25-11-9-8-10-20(21)25/h7-13,16-18,29,34H,1-2,14-15,19H2,3-6H3,(H,35,39)/b22-12-,33-13-. The summed E-state index contributed by atoms with van der Waals surface area (Å²) in [6.07, 6.45) is 5.72. The molecule has 0 radical (unpaired) electrons. The molecule has 2 N–H and O–H groups in total. The molecule has 1 amide bonds. The van der Waals surface area contributed by atoms with Gasteiger partial charge in [-0.25, -0.2) is 0 Å². The topological polar surface area (TPSA) is 86.5 Å². The van der Waals surface area contributed by atoms with Gasteiger partial charge in [0.05, 0.1) is 35.4 Å². The summed E-state index contributed by atoms with van der Waals surface area (Å²) in [6, 6.07) is 10.5. The molecule has 3 aromatic rings. The summed E-state index contributed by atoms with van der Waals surface area (Å²) in [6.45, 7) is 6.17. The highest BCUT2D eigenvalue weighted by atomic mass is 19.3. The van der Waals surface area contributed by atoms with Crippen LogP contribution in [0.2, 0.25) is 0 Å². The van der Waals surface area contributed by atoms with Crippen molar-refractivity contribution in [2.24, 2.45) is 9.98 Å². The maximum atomic E-state index is 13.5. The number of aliphatic imine (C=N–C) groups is 2. The number of aromatic nitrogens is 1. The number of rotatable bonds is 14. The number of para-hydroxylation sites is 1. The van der Waals surface area contributed by atoms with Crippen LogP contribution in [-0.2, 0) is 4.79 Å². The second-order valence-corrected chi connectivity index (χ2v) is 9.11. The first-order valence-corrected chi connectivity index (χ1v) is 12.5. The number of amides is 1. The minimum Gasteiger partial charge on any atom is -0.495 e. The van der Waals surface area contributed by atoms with Crippen LogP contribution in [0.15, 0.2) is 71.3 Å². The number of nitrogens with zero attached hydrogens (tertiary/aromatic N) is 5. The third kappa shape index (κ3) is 7.32. The zero-order valence-electron chi connectivity index (χ0n) is 23.2. The van der Waals surface area contributed by atoms with Gasteiger partial charge >= 0.3 is 6.55 Å². The summed E-state index contributed by atoms with van der Waals surface area (Å²) < 4.78 is 33.6. The predicted octanol–water partition coefficient (Wildman–Crippen LogP) is 5.35. The van der Waals surface area contributed by atoms with Crippen LogP contribution in [0, 0.1) is 0 Å². The number of benzene rings is 2. The molecule has 0 unspecified atom stereocenters. The van der Waals surface area contributed by atoms with Crippen molar-refractivity contribution in [2.45, 2.75) is 6.55 Å². The molecule has 0 aliphatic heterocycles. The lowest BCUT2D eigenvalue weighted by atomic mass is 10.1. The number of hydrogen-bond acceptors (Lipinski definition) is 7. The van der Waals surface area contributed by atoms with Gasteiger partial charge in [0.1, 0.15) is 12.4 Å². The van der Waals surface area contributed by atoms with Gasteiger partial charge < -0.3 is 25.2 Å². The minimum absolute atomic E-state index is 0.167. The van der Waals surface area contributed by atoms with Crippen LogP contribution >= 0.6 is 0 Å². The van der Waals surface area contributed by atoms with E-state index in [4.69, 9.17) is 4.74 Å². The number of anilines is 3. The van der Waals surface area contributed by atoms with Crippen LogP contribution in [-0.4, -0.2) is 76.3 Å². The maximum absolute atomic E-state index is 13.5. The highest BCUT2D eigenvalue weighted by molar-refractivity contribution is 6.02. The summed E-state index contributed by atoms with van der Waals surface area (Å²) in [5.74, 6) is 0.237. The third-order valence-electron chi connectivity index (χ3n) is 6.15. The van der Waals surface area contributed by atoms with Crippen LogP contribution in [0.25, 0.3) is 16.6 Å². The Hall–Kier alpha value is -4.51. The van der Waals surface area contributed by atoms with Gasteiger partial charge in [0, 0.05) is 49.6 Å². The maximum Gasteiger partial charge on any atom is 0.319 e. The van der Waals surface area contributed by atoms with Crippen LogP contribution in [0.5, 0.6) is 5.75 Å². The minimum atomic E-state index is -2.68. The van der Waals surface area contributed by atoms with E-state index in [1.54, 1.807) is 43.5 Å². The van der Waals surface area contributed by atoms with Crippen LogP contribution in [0.4, 0.5) is 25.8 Å². The van der Waals surface area contributed by atoms with E-state index in [0.717, 1.165) is 23.3 Å². The van der Waals surface area contributed by atoms with Crippen molar-refractivity contribution in [1.29, 1.82) is 0 Å². The Bertz CT molecular complexity index is 1410. The van der Waals surface area contributed by atoms with Crippen molar-refractivity contribution in [3.05, 3.63) is 66.9 Å². The highest BCUT2D eigenvalue weighted by Crippen LogP contribution is 2.37. The number of likely N-dealkylation sites (N-methyl/N-ethyl adjacent to an activating group) is 2. The number of carbonyl (C=O) groups excluding carboxylic acids is 1. The van der Waals surface area contributed by atoms with Crippen molar-refractivity contribution >= 4 is 52.5 Å². The summed E-state index contributed by atoms with van der Waals surface area (Å²) in [4.78, 5) is 24.6. The smallest absolute Gasteiger partial charge is 0.319 e. The summed E-state index contributed by atoms with van der Waals surface area (Å²) in [5.41, 5.74) is 3.35. The molecule has 0 atom stereocenters. The Kier molecular flexibility index (Phi) is 10.5. The van der Waals surface area contributed by atoms with E-state index in [-0.39, 0.29) is 12.6 Å². The van der Waals surface area contributed by atoms with Crippen molar-refractivity contribution < 1.29 is 18.3 Å². The molecule has 2 aromatic carbocycles. The largest absolute Gasteiger partial charge is 0.495 e. The Balaban J connectivity index is 1.82. The summed E-state index contributed by atoms with van der Waals surface area (Å²) in [7, 11) is 7.49. The second kappa shape index (κ2) is 14.0. The van der Waals surface area contributed by atoms with E-state index in [0.29, 0.717) is 39.3 Å². The molecule has 212 valence electrons. The number of methoxy groups -OCH3 is 1. The quantitative estimate of drug-likeness (QED) is 0.208. The van der Waals surface area contributed by atoms with Gasteiger partial charge in [-0.05, 0) is 45.1 Å². The summed E-state index contributed by atoms with van der Waals surface area (Å²) >= 11 is 0. The normalized spacial score (nSPS) is 11.8. The van der Waals surface area contributed by atoms with Gasteiger partial charge in [-0.15, -0.1) is 0 Å². The van der Waals surface area contributed by atoms with E-state index in [1.807, 2.05) is 32.1 Å². The first-order valence-electron chi connectivity index (χ1n) is 12.5. The van der Waals surface area contributed by atoms with Crippen molar-refractivity contribution in [1.82, 2.24) is 9.47 Å². The molecule has 1 heterocycles. The number of alkyl halides is 2. The molecule has 40 heavy (non-hydrogen) atoms. The van der Waals surface area contributed by atoms with Crippen molar-refractivity contribution in [2.75, 3.05) is 63.5 Å². The molecule has 0 aliphatic carbocycles. The second-order valence-electron chi connectivity index (χ2n) is 9.11. The third-order valence-corrected chi connectivity index (χ3v) is 6.15. The van der Waals surface area contributed by atoms with Crippen molar-refractivity contribution in [3.8, 4) is 5.75 Å². The Morgan fingerprint density at radius 2 is 1.93 bits per heavy atom. The molecule has 0 aliphatic rings. The summed E-state index contributed by atoms with van der Waals surface area (Å²) in [5, 5.41) is 6.68. The first-order chi connectivity index (χ1) is 19.2. The lowest BCUT2D eigenvalue weighted by Crippen LogP contribution is -2.29. The van der Waals surface area contributed by atoms with Gasteiger partial charge in [-0.1, -0.05) is 24.8 Å². The fourth-order valence-electron chi connectivity index (χ4n) is 4.05. The number of hydrogen-bond donors (Lipinski definition) is 2. The lowest BCUT2D eigenvalue weighted by Gasteiger charge is -2.26. The van der Waals surface area contributed by atoms with Gasteiger partial charge in [0.25, 0.3) is 0 Å². The molecule has 1 aromatic heterocycles. The molecule has 9 nitrogen and oxygen atoms in total. The average molecular weight is 552 g/mol. The van der Waals surface area contributed by atoms with E-state index in [9.17, 15) is 13.6 Å². The molecule has 3 rings (SSSR count). The number of fused-ring (bicyclic) bond motifs is 1. The van der Waals surface area contributed by atoms with Gasteiger partial charge in [0.15, 0.2) is 0 Å².